The average molecular weight is 397 g/mol. The molecule has 30 heavy (non-hydrogen) atoms. The largest absolute Gasteiger partial charge is 0.383 e. The van der Waals surface area contributed by atoms with Crippen LogP contribution in [0.25, 0.3) is 21.9 Å². The summed E-state index contributed by atoms with van der Waals surface area (Å²) in [4.78, 5) is 16.7. The number of hydrogen-bond donors (Lipinski definition) is 3. The number of nitrogens with one attached hydrogen (secondary N) is 1. The number of nitrogens with two attached hydrogens (primary N) is 1. The Bertz CT molecular complexity index is 1220. The highest BCUT2D eigenvalue weighted by Gasteiger charge is 2.18. The van der Waals surface area contributed by atoms with Crippen LogP contribution in [0.1, 0.15) is 24.2 Å². The summed E-state index contributed by atoms with van der Waals surface area (Å²) < 4.78 is 0. The Morgan fingerprint density at radius 1 is 1.03 bits per heavy atom. The molecule has 0 saturated heterocycles. The fourth-order valence-electron chi connectivity index (χ4n) is 3.50. The van der Waals surface area contributed by atoms with Crippen molar-refractivity contribution in [3.8, 4) is 11.1 Å². The summed E-state index contributed by atoms with van der Waals surface area (Å²) in [5.74, 6) is -0.0507. The van der Waals surface area contributed by atoms with E-state index in [1.165, 1.54) is 5.56 Å². The van der Waals surface area contributed by atoms with Crippen molar-refractivity contribution >= 4 is 28.2 Å². The molecule has 0 bridgehead atoms. The molecule has 1 aromatic heterocycles. The van der Waals surface area contributed by atoms with Gasteiger partial charge in [-0.05, 0) is 64.4 Å². The van der Waals surface area contributed by atoms with Crippen LogP contribution < -0.4 is 11.1 Å². The van der Waals surface area contributed by atoms with E-state index in [1.807, 2.05) is 42.5 Å². The molecule has 5 nitrogen and oxygen atoms in total. The molecule has 0 aliphatic carbocycles. The van der Waals surface area contributed by atoms with Crippen LogP contribution in [0.5, 0.6) is 0 Å². The van der Waals surface area contributed by atoms with Gasteiger partial charge >= 0.3 is 0 Å². The number of nitrogens with zero attached hydrogens (tertiary/aromatic N) is 1. The molecule has 0 saturated carbocycles. The molecular formula is C25H23N3O2. The molecule has 150 valence electrons. The van der Waals surface area contributed by atoms with Crippen molar-refractivity contribution in [2.45, 2.75) is 19.4 Å². The minimum atomic E-state index is -1.28. The Morgan fingerprint density at radius 2 is 1.80 bits per heavy atom. The molecular weight excluding hydrogens is 374 g/mol. The van der Waals surface area contributed by atoms with Crippen LogP contribution in [-0.2, 0) is 11.2 Å². The number of aryl methyl sites for hydroxylation is 1. The van der Waals surface area contributed by atoms with Crippen molar-refractivity contribution in [3.05, 3.63) is 90.1 Å². The Kier molecular flexibility index (Phi) is 5.46. The number of aromatic nitrogens is 1. The van der Waals surface area contributed by atoms with E-state index >= 15 is 0 Å². The van der Waals surface area contributed by atoms with Crippen molar-refractivity contribution in [2.75, 3.05) is 11.1 Å². The van der Waals surface area contributed by atoms with Crippen molar-refractivity contribution in [1.29, 1.82) is 0 Å². The molecule has 0 aliphatic rings. The van der Waals surface area contributed by atoms with Gasteiger partial charge in [0.05, 0.1) is 0 Å². The molecule has 4 aromatic rings. The normalized spacial score (nSPS) is 11.9. The van der Waals surface area contributed by atoms with E-state index in [0.29, 0.717) is 17.1 Å². The fourth-order valence-corrected chi connectivity index (χ4v) is 3.50. The van der Waals surface area contributed by atoms with Crippen molar-refractivity contribution in [2.24, 2.45) is 0 Å². The van der Waals surface area contributed by atoms with Crippen LogP contribution in [0.15, 0.2) is 79.0 Å². The van der Waals surface area contributed by atoms with Crippen LogP contribution >= 0.6 is 0 Å². The highest BCUT2D eigenvalue weighted by Crippen LogP contribution is 2.26. The SMILES string of the molecule is CCc1cccc(-c2cccc(C(O)C(=O)Nc3ccc4c(N)nccc4c3)c2)c1. The van der Waals surface area contributed by atoms with E-state index in [4.69, 9.17) is 5.73 Å². The lowest BCUT2D eigenvalue weighted by Crippen LogP contribution is -2.20. The standard InChI is InChI=1S/C25H23N3O2/c1-2-16-5-3-6-17(13-16)18-7-4-8-20(14-18)23(29)25(30)28-21-9-10-22-19(15-21)11-12-27-24(22)26/h3-15,23,29H,2H2,1H3,(H2,26,27)(H,28,30). The van der Waals surface area contributed by atoms with Gasteiger partial charge in [0.15, 0.2) is 6.10 Å². The summed E-state index contributed by atoms with van der Waals surface area (Å²) in [5.41, 5.74) is 10.3. The molecule has 0 aliphatic heterocycles. The summed E-state index contributed by atoms with van der Waals surface area (Å²) in [6, 6.07) is 22.9. The second-order valence-electron chi connectivity index (χ2n) is 7.20. The third kappa shape index (κ3) is 4.02. The van der Waals surface area contributed by atoms with E-state index < -0.39 is 12.0 Å². The molecule has 0 fully saturated rings. The van der Waals surface area contributed by atoms with Crippen LogP contribution in [0.3, 0.4) is 0 Å². The molecule has 0 spiro atoms. The first kappa shape index (κ1) is 19.6. The number of carbonyl (C=O) groups is 1. The molecule has 4 rings (SSSR count). The fraction of sp³-hybridized carbons (Fsp3) is 0.120. The number of aliphatic hydroxyl groups is 1. The first-order valence-corrected chi connectivity index (χ1v) is 9.87. The van der Waals surface area contributed by atoms with Gasteiger partial charge in [0.2, 0.25) is 0 Å². The monoisotopic (exact) mass is 397 g/mol. The molecule has 4 N–H and O–H groups in total. The number of fused-ring (bicyclic) bond motifs is 1. The Balaban J connectivity index is 1.55. The second kappa shape index (κ2) is 8.35. The van der Waals surface area contributed by atoms with Crippen molar-refractivity contribution in [1.82, 2.24) is 4.98 Å². The summed E-state index contributed by atoms with van der Waals surface area (Å²) >= 11 is 0. The molecule has 0 radical (unpaired) electrons. The van der Waals surface area contributed by atoms with Crippen LogP contribution in [-0.4, -0.2) is 16.0 Å². The lowest BCUT2D eigenvalue weighted by Gasteiger charge is -2.14. The number of anilines is 2. The summed E-state index contributed by atoms with van der Waals surface area (Å²) in [6.07, 6.45) is 1.29. The van der Waals surface area contributed by atoms with E-state index in [9.17, 15) is 9.90 Å². The Morgan fingerprint density at radius 3 is 2.60 bits per heavy atom. The van der Waals surface area contributed by atoms with E-state index in [2.05, 4.69) is 29.4 Å². The molecule has 1 unspecified atom stereocenters. The van der Waals surface area contributed by atoms with Gasteiger partial charge in [-0.1, -0.05) is 49.4 Å². The zero-order valence-corrected chi connectivity index (χ0v) is 16.7. The summed E-state index contributed by atoms with van der Waals surface area (Å²) in [5, 5.41) is 15.1. The number of aliphatic hydroxyl groups excluding tert-OH is 1. The zero-order chi connectivity index (χ0) is 21.1. The smallest absolute Gasteiger partial charge is 0.257 e. The Hall–Kier alpha value is -3.70. The van der Waals surface area contributed by atoms with Gasteiger partial charge in [0.1, 0.15) is 5.82 Å². The van der Waals surface area contributed by atoms with E-state index in [-0.39, 0.29) is 0 Å². The van der Waals surface area contributed by atoms with Gasteiger partial charge in [-0.2, -0.15) is 0 Å². The lowest BCUT2D eigenvalue weighted by atomic mass is 9.98. The topological polar surface area (TPSA) is 88.2 Å². The molecule has 5 heteroatoms. The summed E-state index contributed by atoms with van der Waals surface area (Å²) in [7, 11) is 0. The number of nitrogen functional groups attached to an aromatic ring is 1. The zero-order valence-electron chi connectivity index (χ0n) is 16.7. The first-order chi connectivity index (χ1) is 14.5. The van der Waals surface area contributed by atoms with Crippen molar-refractivity contribution in [3.63, 3.8) is 0 Å². The van der Waals surface area contributed by atoms with Gasteiger partial charge in [0, 0.05) is 17.3 Å². The number of rotatable bonds is 5. The minimum absolute atomic E-state index is 0.439. The third-order valence-electron chi connectivity index (χ3n) is 5.18. The molecule has 1 heterocycles. The predicted octanol–water partition coefficient (Wildman–Crippen LogP) is 4.72. The minimum Gasteiger partial charge on any atom is -0.383 e. The predicted molar refractivity (Wildman–Crippen MR) is 121 cm³/mol. The van der Waals surface area contributed by atoms with Crippen molar-refractivity contribution < 1.29 is 9.90 Å². The van der Waals surface area contributed by atoms with Gasteiger partial charge in [-0.3, -0.25) is 4.79 Å². The van der Waals surface area contributed by atoms with Crippen LogP contribution in [0.4, 0.5) is 11.5 Å². The third-order valence-corrected chi connectivity index (χ3v) is 5.18. The highest BCUT2D eigenvalue weighted by molar-refractivity contribution is 5.99. The maximum atomic E-state index is 12.7. The number of hydrogen-bond acceptors (Lipinski definition) is 4. The first-order valence-electron chi connectivity index (χ1n) is 9.87. The molecule has 1 atom stereocenters. The number of carbonyl (C=O) groups excluding carboxylic acids is 1. The van der Waals surface area contributed by atoms with E-state index in [0.717, 1.165) is 28.3 Å². The average Bonchev–Trinajstić information content (AvgIpc) is 2.78. The van der Waals surface area contributed by atoms with Gasteiger partial charge in [-0.15, -0.1) is 0 Å². The molecule has 1 amide bonds. The summed E-state index contributed by atoms with van der Waals surface area (Å²) in [6.45, 7) is 2.11. The Labute approximate surface area is 175 Å². The van der Waals surface area contributed by atoms with Gasteiger partial charge in [-0.25, -0.2) is 4.98 Å². The maximum absolute atomic E-state index is 12.7. The quantitative estimate of drug-likeness (QED) is 0.455. The number of amides is 1. The number of benzene rings is 3. The highest BCUT2D eigenvalue weighted by atomic mass is 16.3. The van der Waals surface area contributed by atoms with Crippen LogP contribution in [0.2, 0.25) is 0 Å². The lowest BCUT2D eigenvalue weighted by molar-refractivity contribution is -0.124. The molecule has 3 aromatic carbocycles. The maximum Gasteiger partial charge on any atom is 0.257 e. The second-order valence-corrected chi connectivity index (χ2v) is 7.20. The van der Waals surface area contributed by atoms with Gasteiger partial charge in [0.25, 0.3) is 5.91 Å². The van der Waals surface area contributed by atoms with Gasteiger partial charge < -0.3 is 16.2 Å². The number of pyridine rings is 1. The van der Waals surface area contributed by atoms with E-state index in [1.54, 1.807) is 24.4 Å². The van der Waals surface area contributed by atoms with Crippen LogP contribution in [0, 0.1) is 0 Å².